The first-order chi connectivity index (χ1) is 15.4. The molecule has 0 unspecified atom stereocenters. The second-order valence-corrected chi connectivity index (χ2v) is 7.68. The Morgan fingerprint density at radius 2 is 1.39 bits per heavy atom. The van der Waals surface area contributed by atoms with Gasteiger partial charge in [0.2, 0.25) is 0 Å². The first kappa shape index (κ1) is 27.7. The highest BCUT2D eigenvalue weighted by atomic mass is 16.7. The normalized spacial score (nSPS) is 12.5. The Bertz CT molecular complexity index is 836. The molecule has 0 aliphatic heterocycles. The number of carbonyl (C=O) groups excluding carboxylic acids is 4. The molecule has 0 bridgehead atoms. The van der Waals surface area contributed by atoms with Crippen molar-refractivity contribution in [2.45, 2.75) is 72.3 Å². The van der Waals surface area contributed by atoms with Crippen LogP contribution in [0.1, 0.15) is 47.1 Å². The van der Waals surface area contributed by atoms with Gasteiger partial charge in [0.05, 0.1) is 12.2 Å². The number of hydrogen-bond acceptors (Lipinski definition) is 11. The van der Waals surface area contributed by atoms with Crippen molar-refractivity contribution in [3.05, 3.63) is 23.8 Å². The highest BCUT2D eigenvalue weighted by molar-refractivity contribution is 5.76. The number of ether oxygens (including phenoxy) is 6. The van der Waals surface area contributed by atoms with Gasteiger partial charge >= 0.3 is 24.2 Å². The van der Waals surface area contributed by atoms with Gasteiger partial charge in [0, 0.05) is 6.92 Å². The summed E-state index contributed by atoms with van der Waals surface area (Å²) < 4.78 is 30.1. The SMILES string of the molecule is CC(=O)OC[C@@H](C)OC(=O)[C@@H](N)Cc1ccc(OC(=O)OC(C)C)c(OC(=O)OC(C)C)c1. The minimum Gasteiger partial charge on any atom is -0.462 e. The van der Waals surface area contributed by atoms with Gasteiger partial charge in [0.1, 0.15) is 18.8 Å². The van der Waals surface area contributed by atoms with Crippen LogP contribution < -0.4 is 15.2 Å². The van der Waals surface area contributed by atoms with Crippen molar-refractivity contribution >= 4 is 24.2 Å². The van der Waals surface area contributed by atoms with Gasteiger partial charge in [-0.05, 0) is 58.7 Å². The van der Waals surface area contributed by atoms with Gasteiger partial charge in [-0.15, -0.1) is 0 Å². The fourth-order valence-electron chi connectivity index (χ4n) is 2.35. The van der Waals surface area contributed by atoms with E-state index in [9.17, 15) is 19.2 Å². The zero-order valence-corrected chi connectivity index (χ0v) is 19.6. The van der Waals surface area contributed by atoms with E-state index in [4.69, 9.17) is 34.2 Å². The van der Waals surface area contributed by atoms with E-state index in [1.165, 1.54) is 25.1 Å². The Balaban J connectivity index is 2.94. The van der Waals surface area contributed by atoms with E-state index in [1.54, 1.807) is 34.6 Å². The fourth-order valence-corrected chi connectivity index (χ4v) is 2.35. The lowest BCUT2D eigenvalue weighted by Crippen LogP contribution is -2.37. The molecular weight excluding hydrogens is 438 g/mol. The van der Waals surface area contributed by atoms with Gasteiger partial charge in [-0.1, -0.05) is 6.07 Å². The summed E-state index contributed by atoms with van der Waals surface area (Å²) in [5.74, 6) is -1.42. The Kier molecular flexibility index (Phi) is 11.1. The summed E-state index contributed by atoms with van der Waals surface area (Å²) in [5, 5.41) is 0. The number of nitrogens with two attached hydrogens (primary N) is 1. The van der Waals surface area contributed by atoms with Crippen molar-refractivity contribution in [2.75, 3.05) is 6.61 Å². The van der Waals surface area contributed by atoms with Crippen LogP contribution in [0.15, 0.2) is 18.2 Å². The van der Waals surface area contributed by atoms with Crippen LogP contribution in [0, 0.1) is 0 Å². The molecule has 0 amide bonds. The maximum Gasteiger partial charge on any atom is 0.514 e. The number of rotatable bonds is 10. The second kappa shape index (κ2) is 13.3. The van der Waals surface area contributed by atoms with E-state index in [2.05, 4.69) is 0 Å². The summed E-state index contributed by atoms with van der Waals surface area (Å²) in [4.78, 5) is 46.9. The number of benzene rings is 1. The quantitative estimate of drug-likeness (QED) is 0.306. The standard InChI is InChI=1S/C22H31NO10/c1-12(2)29-21(26)32-18-8-7-16(10-19(18)33-22(27)30-13(3)4)9-17(23)20(25)31-14(5)11-28-15(6)24/h7-8,10,12-14,17H,9,11,23H2,1-6H3/t14-,17+/m1/s1. The summed E-state index contributed by atoms with van der Waals surface area (Å²) >= 11 is 0. The molecule has 1 aromatic carbocycles. The molecule has 11 nitrogen and oxygen atoms in total. The summed E-state index contributed by atoms with van der Waals surface area (Å²) in [6.45, 7) is 9.28. The van der Waals surface area contributed by atoms with Crippen LogP contribution in [0.2, 0.25) is 0 Å². The molecule has 0 radical (unpaired) electrons. The molecule has 2 atom stereocenters. The van der Waals surface area contributed by atoms with Gasteiger partial charge < -0.3 is 34.2 Å². The molecule has 184 valence electrons. The minimum atomic E-state index is -1.06. The molecular formula is C22H31NO10. The van der Waals surface area contributed by atoms with Crippen molar-refractivity contribution in [3.8, 4) is 11.5 Å². The molecule has 0 aliphatic rings. The molecule has 2 N–H and O–H groups in total. The smallest absolute Gasteiger partial charge is 0.462 e. The highest BCUT2D eigenvalue weighted by Gasteiger charge is 2.22. The number of hydrogen-bond donors (Lipinski definition) is 1. The van der Waals surface area contributed by atoms with Crippen LogP contribution in [0.4, 0.5) is 9.59 Å². The Hall–Kier alpha value is -3.34. The predicted octanol–water partition coefficient (Wildman–Crippen LogP) is 2.90. The lowest BCUT2D eigenvalue weighted by atomic mass is 10.1. The van der Waals surface area contributed by atoms with E-state index in [-0.39, 0.29) is 24.5 Å². The average molecular weight is 469 g/mol. The highest BCUT2D eigenvalue weighted by Crippen LogP contribution is 2.30. The fraction of sp³-hybridized carbons (Fsp3) is 0.545. The lowest BCUT2D eigenvalue weighted by Gasteiger charge is -2.17. The second-order valence-electron chi connectivity index (χ2n) is 7.68. The third kappa shape index (κ3) is 11.2. The summed E-state index contributed by atoms with van der Waals surface area (Å²) in [7, 11) is 0. The van der Waals surface area contributed by atoms with E-state index in [1.807, 2.05) is 0 Å². The van der Waals surface area contributed by atoms with Gasteiger partial charge in [-0.3, -0.25) is 9.59 Å². The van der Waals surface area contributed by atoms with Gasteiger partial charge in [-0.2, -0.15) is 0 Å². The van der Waals surface area contributed by atoms with Crippen molar-refractivity contribution in [3.63, 3.8) is 0 Å². The minimum absolute atomic E-state index is 0.0193. The third-order valence-electron chi connectivity index (χ3n) is 3.66. The lowest BCUT2D eigenvalue weighted by molar-refractivity contribution is -0.157. The van der Waals surface area contributed by atoms with Crippen molar-refractivity contribution in [1.29, 1.82) is 0 Å². The molecule has 1 rings (SSSR count). The molecule has 1 aromatic rings. The number of carbonyl (C=O) groups is 4. The summed E-state index contributed by atoms with van der Waals surface area (Å²) in [6, 6.07) is 3.23. The topological polar surface area (TPSA) is 150 Å². The zero-order chi connectivity index (χ0) is 25.1. The zero-order valence-electron chi connectivity index (χ0n) is 19.6. The third-order valence-corrected chi connectivity index (χ3v) is 3.66. The van der Waals surface area contributed by atoms with Gasteiger partial charge in [0.15, 0.2) is 11.5 Å². The molecule has 0 aliphatic carbocycles. The monoisotopic (exact) mass is 469 g/mol. The molecule has 0 saturated heterocycles. The van der Waals surface area contributed by atoms with Crippen molar-refractivity contribution in [1.82, 2.24) is 0 Å². The van der Waals surface area contributed by atoms with Crippen LogP contribution in [-0.2, 0) is 35.0 Å². The van der Waals surface area contributed by atoms with Crippen LogP contribution in [0.5, 0.6) is 11.5 Å². The maximum atomic E-state index is 12.2. The molecule has 0 saturated carbocycles. The van der Waals surface area contributed by atoms with E-state index in [0.717, 1.165) is 0 Å². The van der Waals surface area contributed by atoms with Gasteiger partial charge in [-0.25, -0.2) is 9.59 Å². The molecule has 0 fully saturated rings. The van der Waals surface area contributed by atoms with Crippen molar-refractivity contribution in [2.24, 2.45) is 5.73 Å². The number of esters is 2. The van der Waals surface area contributed by atoms with Crippen LogP contribution in [-0.4, -0.2) is 55.2 Å². The molecule has 0 aromatic heterocycles. The van der Waals surface area contributed by atoms with E-state index >= 15 is 0 Å². The Labute approximate surface area is 192 Å². The van der Waals surface area contributed by atoms with Crippen LogP contribution in [0.25, 0.3) is 0 Å². The molecule has 33 heavy (non-hydrogen) atoms. The summed E-state index contributed by atoms with van der Waals surface area (Å²) in [6.07, 6.45) is -3.51. The van der Waals surface area contributed by atoms with Gasteiger partial charge in [0.25, 0.3) is 0 Å². The average Bonchev–Trinajstić information content (AvgIpc) is 2.67. The first-order valence-corrected chi connectivity index (χ1v) is 10.4. The summed E-state index contributed by atoms with van der Waals surface area (Å²) in [5.41, 5.74) is 6.41. The largest absolute Gasteiger partial charge is 0.514 e. The maximum absolute atomic E-state index is 12.2. The molecule has 11 heteroatoms. The van der Waals surface area contributed by atoms with E-state index in [0.29, 0.717) is 5.56 Å². The molecule has 0 spiro atoms. The van der Waals surface area contributed by atoms with E-state index < -0.39 is 48.6 Å². The van der Waals surface area contributed by atoms with Crippen LogP contribution >= 0.6 is 0 Å². The Morgan fingerprint density at radius 1 is 0.848 bits per heavy atom. The molecule has 0 heterocycles. The van der Waals surface area contributed by atoms with Crippen LogP contribution in [0.3, 0.4) is 0 Å². The van der Waals surface area contributed by atoms with Crippen molar-refractivity contribution < 1.29 is 47.6 Å². The predicted molar refractivity (Wildman–Crippen MR) is 115 cm³/mol. The Morgan fingerprint density at radius 3 is 1.91 bits per heavy atom. The first-order valence-electron chi connectivity index (χ1n) is 10.4.